The maximum absolute atomic E-state index is 11.5. The first-order valence-electron chi connectivity index (χ1n) is 8.24. The Labute approximate surface area is 145 Å². The standard InChI is InChI=1S/C18H31N3O3/c1-7-20-17(22)12-24-15-9-8-14(10-16(15)23-6)11-19-13-18(2,3)21(4)5/h8-10,19H,7,11-13H2,1-6H3,(H,20,22). The van der Waals surface area contributed by atoms with Crippen LogP contribution in [0.4, 0.5) is 0 Å². The normalized spacial score (nSPS) is 11.5. The highest BCUT2D eigenvalue weighted by molar-refractivity contribution is 5.77. The Bertz CT molecular complexity index is 530. The summed E-state index contributed by atoms with van der Waals surface area (Å²) in [7, 11) is 5.75. The van der Waals surface area contributed by atoms with Crippen LogP contribution in [0.25, 0.3) is 0 Å². The fourth-order valence-electron chi connectivity index (χ4n) is 2.00. The highest BCUT2D eigenvalue weighted by Gasteiger charge is 2.19. The molecule has 0 radical (unpaired) electrons. The number of hydrogen-bond donors (Lipinski definition) is 2. The molecule has 0 aliphatic carbocycles. The van der Waals surface area contributed by atoms with E-state index in [0.717, 1.165) is 18.7 Å². The molecule has 24 heavy (non-hydrogen) atoms. The molecule has 0 fully saturated rings. The zero-order valence-corrected chi connectivity index (χ0v) is 15.7. The Kier molecular flexibility index (Phi) is 8.01. The molecule has 2 N–H and O–H groups in total. The Balaban J connectivity index is 2.61. The summed E-state index contributed by atoms with van der Waals surface area (Å²) in [6, 6.07) is 5.75. The number of benzene rings is 1. The molecule has 0 spiro atoms. The lowest BCUT2D eigenvalue weighted by molar-refractivity contribution is -0.123. The molecule has 0 saturated carbocycles. The largest absolute Gasteiger partial charge is 0.493 e. The van der Waals surface area contributed by atoms with E-state index in [-0.39, 0.29) is 18.1 Å². The third-order valence-electron chi connectivity index (χ3n) is 4.06. The SMILES string of the molecule is CCNC(=O)COc1ccc(CNCC(C)(C)N(C)C)cc1OC. The highest BCUT2D eigenvalue weighted by Crippen LogP contribution is 2.28. The Morgan fingerprint density at radius 3 is 2.54 bits per heavy atom. The fraction of sp³-hybridized carbons (Fsp3) is 0.611. The topological polar surface area (TPSA) is 62.8 Å². The number of likely N-dealkylation sites (N-methyl/N-ethyl adjacent to an activating group) is 2. The minimum atomic E-state index is -0.142. The monoisotopic (exact) mass is 337 g/mol. The van der Waals surface area contributed by atoms with Gasteiger partial charge >= 0.3 is 0 Å². The average molecular weight is 337 g/mol. The van der Waals surface area contributed by atoms with Gasteiger partial charge in [0, 0.05) is 25.2 Å². The number of nitrogens with one attached hydrogen (secondary N) is 2. The van der Waals surface area contributed by atoms with Gasteiger partial charge in [-0.15, -0.1) is 0 Å². The number of amides is 1. The highest BCUT2D eigenvalue weighted by atomic mass is 16.5. The van der Waals surface area contributed by atoms with Crippen LogP contribution in [0.2, 0.25) is 0 Å². The molecule has 0 unspecified atom stereocenters. The summed E-state index contributed by atoms with van der Waals surface area (Å²) in [5.74, 6) is 1.06. The van der Waals surface area contributed by atoms with Crippen LogP contribution in [0, 0.1) is 0 Å². The maximum Gasteiger partial charge on any atom is 0.257 e. The molecule has 0 aliphatic heterocycles. The van der Waals surface area contributed by atoms with Gasteiger partial charge in [0.1, 0.15) is 0 Å². The first-order chi connectivity index (χ1) is 11.3. The Hall–Kier alpha value is -1.79. The number of ether oxygens (including phenoxy) is 2. The van der Waals surface area contributed by atoms with Gasteiger partial charge in [-0.25, -0.2) is 0 Å². The summed E-state index contributed by atoms with van der Waals surface area (Å²) in [5.41, 5.74) is 1.19. The molecule has 1 rings (SSSR count). The molecule has 136 valence electrons. The zero-order chi connectivity index (χ0) is 18.2. The van der Waals surface area contributed by atoms with Crippen LogP contribution in [0.15, 0.2) is 18.2 Å². The predicted molar refractivity (Wildman–Crippen MR) is 96.6 cm³/mol. The van der Waals surface area contributed by atoms with E-state index < -0.39 is 0 Å². The van der Waals surface area contributed by atoms with Crippen molar-refractivity contribution in [1.82, 2.24) is 15.5 Å². The van der Waals surface area contributed by atoms with Crippen molar-refractivity contribution in [3.05, 3.63) is 23.8 Å². The van der Waals surface area contributed by atoms with Crippen LogP contribution in [-0.4, -0.2) is 57.2 Å². The van der Waals surface area contributed by atoms with E-state index in [2.05, 4.69) is 43.5 Å². The molecule has 0 heterocycles. The summed E-state index contributed by atoms with van der Waals surface area (Å²) in [6.07, 6.45) is 0. The molecular formula is C18H31N3O3. The lowest BCUT2D eigenvalue weighted by Crippen LogP contribution is -2.46. The zero-order valence-electron chi connectivity index (χ0n) is 15.7. The number of rotatable bonds is 10. The van der Waals surface area contributed by atoms with Gasteiger partial charge in [-0.1, -0.05) is 6.07 Å². The number of methoxy groups -OCH3 is 1. The average Bonchev–Trinajstić information content (AvgIpc) is 2.53. The second kappa shape index (κ2) is 9.49. The minimum absolute atomic E-state index is 0.0151. The molecule has 1 aromatic carbocycles. The van der Waals surface area contributed by atoms with E-state index in [1.54, 1.807) is 7.11 Å². The lowest BCUT2D eigenvalue weighted by Gasteiger charge is -2.32. The minimum Gasteiger partial charge on any atom is -0.493 e. The van der Waals surface area contributed by atoms with E-state index in [1.807, 2.05) is 25.1 Å². The van der Waals surface area contributed by atoms with Crippen LogP contribution < -0.4 is 20.1 Å². The van der Waals surface area contributed by atoms with Crippen molar-refractivity contribution in [3.8, 4) is 11.5 Å². The molecule has 0 aromatic heterocycles. The molecule has 0 aliphatic rings. The van der Waals surface area contributed by atoms with E-state index >= 15 is 0 Å². The van der Waals surface area contributed by atoms with Gasteiger partial charge in [0.2, 0.25) is 0 Å². The molecule has 0 bridgehead atoms. The first-order valence-corrected chi connectivity index (χ1v) is 8.24. The Morgan fingerprint density at radius 1 is 1.25 bits per heavy atom. The van der Waals surface area contributed by atoms with E-state index in [9.17, 15) is 4.79 Å². The number of carbonyl (C=O) groups excluding carboxylic acids is 1. The third kappa shape index (κ3) is 6.37. The number of nitrogens with zero attached hydrogens (tertiary/aromatic N) is 1. The van der Waals surface area contributed by atoms with Crippen molar-refractivity contribution in [3.63, 3.8) is 0 Å². The second-order valence-corrected chi connectivity index (χ2v) is 6.54. The van der Waals surface area contributed by atoms with Crippen LogP contribution >= 0.6 is 0 Å². The van der Waals surface area contributed by atoms with Crippen LogP contribution in [0.1, 0.15) is 26.3 Å². The summed E-state index contributed by atoms with van der Waals surface area (Å²) < 4.78 is 10.9. The first kappa shape index (κ1) is 20.3. The molecule has 1 aromatic rings. The molecule has 1 amide bonds. The summed E-state index contributed by atoms with van der Waals surface area (Å²) in [5, 5.41) is 6.16. The van der Waals surface area contributed by atoms with Crippen molar-refractivity contribution >= 4 is 5.91 Å². The molecule has 6 heteroatoms. The Morgan fingerprint density at radius 2 is 1.96 bits per heavy atom. The van der Waals surface area contributed by atoms with E-state index in [0.29, 0.717) is 18.0 Å². The molecule has 0 atom stereocenters. The van der Waals surface area contributed by atoms with Crippen LogP contribution in [-0.2, 0) is 11.3 Å². The van der Waals surface area contributed by atoms with Crippen molar-refractivity contribution in [2.24, 2.45) is 0 Å². The van der Waals surface area contributed by atoms with Crippen LogP contribution in [0.3, 0.4) is 0 Å². The predicted octanol–water partition coefficient (Wildman–Crippen LogP) is 1.64. The summed E-state index contributed by atoms with van der Waals surface area (Å²) in [4.78, 5) is 13.7. The van der Waals surface area contributed by atoms with E-state index in [1.165, 1.54) is 0 Å². The van der Waals surface area contributed by atoms with Crippen molar-refractivity contribution in [1.29, 1.82) is 0 Å². The second-order valence-electron chi connectivity index (χ2n) is 6.54. The van der Waals surface area contributed by atoms with Crippen molar-refractivity contribution in [2.75, 3.05) is 40.9 Å². The van der Waals surface area contributed by atoms with Gasteiger partial charge in [-0.05, 0) is 52.6 Å². The number of carbonyl (C=O) groups is 1. The van der Waals surface area contributed by atoms with Gasteiger partial charge < -0.3 is 25.0 Å². The van der Waals surface area contributed by atoms with Gasteiger partial charge in [0.15, 0.2) is 18.1 Å². The van der Waals surface area contributed by atoms with Gasteiger partial charge in [0.05, 0.1) is 7.11 Å². The number of hydrogen-bond acceptors (Lipinski definition) is 5. The quantitative estimate of drug-likeness (QED) is 0.680. The third-order valence-corrected chi connectivity index (χ3v) is 4.06. The molecule has 0 saturated heterocycles. The fourth-order valence-corrected chi connectivity index (χ4v) is 2.00. The van der Waals surface area contributed by atoms with Gasteiger partial charge in [-0.3, -0.25) is 4.79 Å². The maximum atomic E-state index is 11.5. The summed E-state index contributed by atoms with van der Waals surface area (Å²) >= 11 is 0. The lowest BCUT2D eigenvalue weighted by atomic mass is 10.0. The van der Waals surface area contributed by atoms with Gasteiger partial charge in [-0.2, -0.15) is 0 Å². The molecular weight excluding hydrogens is 306 g/mol. The molecule has 6 nitrogen and oxygen atoms in total. The summed E-state index contributed by atoms with van der Waals surface area (Å²) in [6.45, 7) is 8.45. The van der Waals surface area contributed by atoms with E-state index in [4.69, 9.17) is 9.47 Å². The van der Waals surface area contributed by atoms with Crippen molar-refractivity contribution in [2.45, 2.75) is 32.9 Å². The smallest absolute Gasteiger partial charge is 0.257 e. The van der Waals surface area contributed by atoms with Gasteiger partial charge in [0.25, 0.3) is 5.91 Å². The van der Waals surface area contributed by atoms with Crippen LogP contribution in [0.5, 0.6) is 11.5 Å². The van der Waals surface area contributed by atoms with Crippen molar-refractivity contribution < 1.29 is 14.3 Å².